The molecule has 4 aromatic rings. The highest BCUT2D eigenvalue weighted by atomic mass is 35.5. The van der Waals surface area contributed by atoms with Crippen LogP contribution in [0.2, 0.25) is 5.28 Å². The first-order valence-corrected chi connectivity index (χ1v) is 11.2. The number of aromatic nitrogens is 3. The van der Waals surface area contributed by atoms with Gasteiger partial charge < -0.3 is 27.2 Å². The SMILES string of the molecule is Nc1ccc(Nc2nc(Cl)nc(Nc3ccc(N)c4ccc(S(=O)(=O)O)cc34)n2)c(C(=O)O)c1. The molecule has 0 saturated carbocycles. The first-order chi connectivity index (χ1) is 16.0. The normalized spacial score (nSPS) is 11.4. The largest absolute Gasteiger partial charge is 0.478 e. The van der Waals surface area contributed by atoms with Gasteiger partial charge in [-0.15, -0.1) is 0 Å². The molecule has 34 heavy (non-hydrogen) atoms. The maximum atomic E-state index is 11.6. The molecule has 0 amide bonds. The van der Waals surface area contributed by atoms with Gasteiger partial charge in [-0.1, -0.05) is 6.07 Å². The molecule has 174 valence electrons. The number of nitrogens with one attached hydrogen (secondary N) is 2. The van der Waals surface area contributed by atoms with E-state index in [0.29, 0.717) is 22.1 Å². The predicted octanol–water partition coefficient (Wildman–Crippen LogP) is 3.27. The van der Waals surface area contributed by atoms with Gasteiger partial charge in [-0.25, -0.2) is 4.79 Å². The van der Waals surface area contributed by atoms with Gasteiger partial charge >= 0.3 is 5.97 Å². The van der Waals surface area contributed by atoms with Crippen molar-refractivity contribution in [2.45, 2.75) is 4.90 Å². The summed E-state index contributed by atoms with van der Waals surface area (Å²) in [7, 11) is -4.46. The van der Waals surface area contributed by atoms with Crippen molar-refractivity contribution in [3.63, 3.8) is 0 Å². The fourth-order valence-corrected chi connectivity index (χ4v) is 3.84. The van der Waals surface area contributed by atoms with Crippen molar-refractivity contribution in [2.75, 3.05) is 22.1 Å². The molecule has 8 N–H and O–H groups in total. The number of hydrogen-bond donors (Lipinski definition) is 6. The summed E-state index contributed by atoms with van der Waals surface area (Å²) in [6.45, 7) is 0. The molecule has 0 saturated heterocycles. The number of rotatable bonds is 6. The number of carboxylic acids is 1. The molecule has 0 radical (unpaired) electrons. The number of carboxylic acid groups (broad SMARTS) is 1. The lowest BCUT2D eigenvalue weighted by Gasteiger charge is -2.13. The van der Waals surface area contributed by atoms with Gasteiger partial charge in [-0.3, -0.25) is 4.55 Å². The third kappa shape index (κ3) is 4.76. The molecule has 0 unspecified atom stereocenters. The molecule has 0 atom stereocenters. The van der Waals surface area contributed by atoms with Crippen molar-refractivity contribution in [1.82, 2.24) is 15.0 Å². The van der Waals surface area contributed by atoms with Crippen LogP contribution in [0.1, 0.15) is 10.4 Å². The Labute approximate surface area is 197 Å². The summed E-state index contributed by atoms with van der Waals surface area (Å²) >= 11 is 6.03. The number of halogens is 1. The summed E-state index contributed by atoms with van der Waals surface area (Å²) < 4.78 is 32.6. The highest BCUT2D eigenvalue weighted by molar-refractivity contribution is 7.85. The summed E-state index contributed by atoms with van der Waals surface area (Å²) in [4.78, 5) is 23.4. The van der Waals surface area contributed by atoms with Crippen molar-refractivity contribution in [3.8, 4) is 0 Å². The molecule has 12 nitrogen and oxygen atoms in total. The number of benzene rings is 3. The van der Waals surface area contributed by atoms with E-state index in [2.05, 4.69) is 25.6 Å². The number of anilines is 6. The molecular weight excluding hydrogens is 486 g/mol. The van der Waals surface area contributed by atoms with Crippen molar-refractivity contribution in [3.05, 3.63) is 59.4 Å². The number of nitrogen functional groups attached to an aromatic ring is 2. The molecule has 1 aromatic heterocycles. The summed E-state index contributed by atoms with van der Waals surface area (Å²) in [6, 6.07) is 11.3. The number of nitrogens with two attached hydrogens (primary N) is 2. The Kier molecular flexibility index (Phi) is 5.83. The molecular formula is C20H16ClN7O5S. The molecule has 3 aromatic carbocycles. The van der Waals surface area contributed by atoms with Crippen LogP contribution >= 0.6 is 11.6 Å². The van der Waals surface area contributed by atoms with E-state index in [-0.39, 0.29) is 39.0 Å². The first-order valence-electron chi connectivity index (χ1n) is 9.39. The lowest BCUT2D eigenvalue weighted by molar-refractivity contribution is 0.0698. The zero-order valence-corrected chi connectivity index (χ0v) is 18.6. The fourth-order valence-electron chi connectivity index (χ4n) is 3.17. The minimum absolute atomic E-state index is 0.0295. The summed E-state index contributed by atoms with van der Waals surface area (Å²) in [5, 5.41) is 15.8. The second-order valence-corrected chi connectivity index (χ2v) is 8.76. The molecule has 0 bridgehead atoms. The Morgan fingerprint density at radius 3 is 2.18 bits per heavy atom. The van der Waals surface area contributed by atoms with Crippen LogP contribution in [0.4, 0.5) is 34.6 Å². The second-order valence-electron chi connectivity index (χ2n) is 7.00. The minimum atomic E-state index is -4.46. The topological polar surface area (TPSA) is 206 Å². The van der Waals surface area contributed by atoms with Crippen LogP contribution in [-0.4, -0.2) is 39.0 Å². The van der Waals surface area contributed by atoms with Crippen LogP contribution in [0.25, 0.3) is 10.8 Å². The van der Waals surface area contributed by atoms with E-state index in [1.54, 1.807) is 12.1 Å². The van der Waals surface area contributed by atoms with Gasteiger partial charge in [0, 0.05) is 27.8 Å². The van der Waals surface area contributed by atoms with E-state index in [9.17, 15) is 22.9 Å². The quantitative estimate of drug-likeness (QED) is 0.166. The van der Waals surface area contributed by atoms with Crippen LogP contribution in [0, 0.1) is 0 Å². The highest BCUT2D eigenvalue weighted by Gasteiger charge is 2.16. The third-order valence-corrected chi connectivity index (χ3v) is 5.71. The van der Waals surface area contributed by atoms with E-state index < -0.39 is 16.1 Å². The van der Waals surface area contributed by atoms with Crippen LogP contribution < -0.4 is 22.1 Å². The Morgan fingerprint density at radius 2 is 1.53 bits per heavy atom. The van der Waals surface area contributed by atoms with Crippen molar-refractivity contribution < 1.29 is 22.9 Å². The molecule has 0 aliphatic heterocycles. The number of aromatic carboxylic acids is 1. The molecule has 0 spiro atoms. The highest BCUT2D eigenvalue weighted by Crippen LogP contribution is 2.32. The van der Waals surface area contributed by atoms with Gasteiger partial charge in [-0.05, 0) is 54.1 Å². The Bertz CT molecular complexity index is 1560. The van der Waals surface area contributed by atoms with Crippen LogP contribution in [0.5, 0.6) is 0 Å². The zero-order chi connectivity index (χ0) is 24.6. The van der Waals surface area contributed by atoms with Gasteiger partial charge in [0.15, 0.2) is 0 Å². The molecule has 0 fully saturated rings. The average Bonchev–Trinajstić information content (AvgIpc) is 2.75. The Morgan fingerprint density at radius 1 is 0.882 bits per heavy atom. The number of fused-ring (bicyclic) bond motifs is 1. The number of hydrogen-bond acceptors (Lipinski definition) is 10. The molecule has 1 heterocycles. The lowest BCUT2D eigenvalue weighted by Crippen LogP contribution is -2.08. The van der Waals surface area contributed by atoms with Crippen molar-refractivity contribution >= 4 is 73.1 Å². The molecule has 0 aliphatic carbocycles. The smallest absolute Gasteiger partial charge is 0.337 e. The van der Waals surface area contributed by atoms with E-state index in [1.165, 1.54) is 36.4 Å². The lowest BCUT2D eigenvalue weighted by atomic mass is 10.1. The predicted molar refractivity (Wildman–Crippen MR) is 127 cm³/mol. The van der Waals surface area contributed by atoms with E-state index in [1.807, 2.05) is 0 Å². The van der Waals surface area contributed by atoms with Crippen LogP contribution in [0.15, 0.2) is 53.4 Å². The minimum Gasteiger partial charge on any atom is -0.478 e. The molecule has 14 heteroatoms. The maximum Gasteiger partial charge on any atom is 0.337 e. The number of carbonyl (C=O) groups is 1. The Balaban J connectivity index is 1.74. The summed E-state index contributed by atoms with van der Waals surface area (Å²) in [5.41, 5.74) is 12.7. The first kappa shape index (κ1) is 23.0. The van der Waals surface area contributed by atoms with Gasteiger partial charge in [0.25, 0.3) is 10.1 Å². The molecule has 4 rings (SSSR count). The standard InChI is InChI=1S/C20H16ClN7O5S/c21-18-26-19(28-20(27-18)25-16-5-1-9(22)7-13(16)17(29)30)24-15-6-4-14(23)11-3-2-10(8-12(11)15)34(31,32)33/h1-8H,22-23H2,(H,29,30)(H,31,32,33)(H2,24,25,26,27,28). The number of nitrogens with zero attached hydrogens (tertiary/aromatic N) is 3. The monoisotopic (exact) mass is 501 g/mol. The van der Waals surface area contributed by atoms with E-state index >= 15 is 0 Å². The van der Waals surface area contributed by atoms with Crippen molar-refractivity contribution in [1.29, 1.82) is 0 Å². The average molecular weight is 502 g/mol. The second kappa shape index (κ2) is 8.62. The summed E-state index contributed by atoms with van der Waals surface area (Å²) in [6.07, 6.45) is 0. The van der Waals surface area contributed by atoms with Crippen LogP contribution in [0.3, 0.4) is 0 Å². The van der Waals surface area contributed by atoms with Crippen LogP contribution in [-0.2, 0) is 10.1 Å². The van der Waals surface area contributed by atoms with E-state index in [0.717, 1.165) is 0 Å². The molecule has 0 aliphatic rings. The van der Waals surface area contributed by atoms with E-state index in [4.69, 9.17) is 23.1 Å². The van der Waals surface area contributed by atoms with Gasteiger partial charge in [0.1, 0.15) is 0 Å². The summed E-state index contributed by atoms with van der Waals surface area (Å²) in [5.74, 6) is -1.30. The Hall–Kier alpha value is -4.20. The van der Waals surface area contributed by atoms with Gasteiger partial charge in [-0.2, -0.15) is 23.4 Å². The third-order valence-electron chi connectivity index (χ3n) is 4.69. The fraction of sp³-hybridized carbons (Fsp3) is 0. The van der Waals surface area contributed by atoms with Crippen molar-refractivity contribution in [2.24, 2.45) is 0 Å². The maximum absolute atomic E-state index is 11.6. The van der Waals surface area contributed by atoms with Gasteiger partial charge in [0.05, 0.1) is 16.1 Å². The van der Waals surface area contributed by atoms with Gasteiger partial charge in [0.2, 0.25) is 17.2 Å². The zero-order valence-electron chi connectivity index (χ0n) is 17.0.